The van der Waals surface area contributed by atoms with Crippen LogP contribution in [0.5, 0.6) is 0 Å². The summed E-state index contributed by atoms with van der Waals surface area (Å²) in [4.78, 5) is 7.12. The highest BCUT2D eigenvalue weighted by molar-refractivity contribution is 9.10. The minimum Gasteiger partial charge on any atom is -0.327 e. The smallest absolute Gasteiger partial charge is 0.293 e. The molecule has 0 spiro atoms. The van der Waals surface area contributed by atoms with E-state index in [0.717, 1.165) is 25.3 Å². The standard InChI is InChI=1S/C9H14BrN3O/c1-6(2)13-4-3-7(5-13)8-11-9(10)14-12-8/h6-7H,3-5H2,1-2H3. The number of likely N-dealkylation sites (tertiary alicyclic amines) is 1. The van der Waals surface area contributed by atoms with Crippen LogP contribution in [0.25, 0.3) is 0 Å². The van der Waals surface area contributed by atoms with Gasteiger partial charge in [0.25, 0.3) is 4.80 Å². The number of hydrogen-bond donors (Lipinski definition) is 0. The van der Waals surface area contributed by atoms with Crippen molar-refractivity contribution in [3.05, 3.63) is 10.6 Å². The first-order valence-corrected chi connectivity index (χ1v) is 5.69. The maximum atomic E-state index is 4.91. The molecule has 0 bridgehead atoms. The molecule has 0 saturated carbocycles. The Morgan fingerprint density at radius 2 is 2.36 bits per heavy atom. The lowest BCUT2D eigenvalue weighted by Gasteiger charge is -2.19. The second-order valence-electron chi connectivity index (χ2n) is 3.98. The predicted octanol–water partition coefficient (Wildman–Crippen LogP) is 2.03. The van der Waals surface area contributed by atoms with E-state index in [0.29, 0.717) is 16.8 Å². The van der Waals surface area contributed by atoms with Crippen LogP contribution in [0, 0.1) is 0 Å². The van der Waals surface area contributed by atoms with Crippen molar-refractivity contribution in [3.8, 4) is 0 Å². The molecule has 14 heavy (non-hydrogen) atoms. The van der Waals surface area contributed by atoms with Gasteiger partial charge in [-0.15, -0.1) is 0 Å². The fourth-order valence-electron chi connectivity index (χ4n) is 1.85. The molecule has 2 heterocycles. The number of halogens is 1. The Morgan fingerprint density at radius 3 is 2.86 bits per heavy atom. The van der Waals surface area contributed by atoms with Crippen LogP contribution in [0.4, 0.5) is 0 Å². The van der Waals surface area contributed by atoms with Crippen LogP contribution in [-0.4, -0.2) is 34.2 Å². The van der Waals surface area contributed by atoms with E-state index in [9.17, 15) is 0 Å². The molecule has 1 unspecified atom stereocenters. The van der Waals surface area contributed by atoms with Crippen LogP contribution < -0.4 is 0 Å². The summed E-state index contributed by atoms with van der Waals surface area (Å²) in [5.74, 6) is 1.27. The molecule has 1 aliphatic heterocycles. The third kappa shape index (κ3) is 1.98. The summed E-state index contributed by atoms with van der Waals surface area (Å²) in [6.07, 6.45) is 1.13. The van der Waals surface area contributed by atoms with Crippen molar-refractivity contribution in [1.82, 2.24) is 15.0 Å². The van der Waals surface area contributed by atoms with Crippen LogP contribution in [0.3, 0.4) is 0 Å². The lowest BCUT2D eigenvalue weighted by atomic mass is 10.1. The molecule has 0 aromatic carbocycles. The van der Waals surface area contributed by atoms with E-state index >= 15 is 0 Å². The van der Waals surface area contributed by atoms with Gasteiger partial charge in [0.1, 0.15) is 0 Å². The lowest BCUT2D eigenvalue weighted by molar-refractivity contribution is 0.271. The molecule has 1 aromatic heterocycles. The van der Waals surface area contributed by atoms with Crippen molar-refractivity contribution in [2.45, 2.75) is 32.2 Å². The van der Waals surface area contributed by atoms with Crippen LogP contribution in [0.2, 0.25) is 0 Å². The molecule has 2 rings (SSSR count). The largest absolute Gasteiger partial charge is 0.327 e. The Labute approximate surface area is 91.8 Å². The molecular weight excluding hydrogens is 246 g/mol. The summed E-state index contributed by atoms with van der Waals surface area (Å²) in [7, 11) is 0. The number of aromatic nitrogens is 2. The maximum Gasteiger partial charge on any atom is 0.293 e. The van der Waals surface area contributed by atoms with E-state index in [1.165, 1.54) is 0 Å². The fraction of sp³-hybridized carbons (Fsp3) is 0.778. The molecule has 0 aliphatic carbocycles. The molecule has 1 atom stereocenters. The SMILES string of the molecule is CC(C)N1CCC(c2noc(Br)n2)C1. The topological polar surface area (TPSA) is 42.2 Å². The van der Waals surface area contributed by atoms with Crippen molar-refractivity contribution in [1.29, 1.82) is 0 Å². The van der Waals surface area contributed by atoms with Gasteiger partial charge in [0.05, 0.1) is 0 Å². The van der Waals surface area contributed by atoms with Crippen LogP contribution >= 0.6 is 15.9 Å². The molecule has 0 amide bonds. The highest BCUT2D eigenvalue weighted by Gasteiger charge is 2.28. The number of rotatable bonds is 2. The molecule has 1 aromatic rings. The first-order valence-electron chi connectivity index (χ1n) is 4.90. The Kier molecular flexibility index (Phi) is 2.88. The quantitative estimate of drug-likeness (QED) is 0.815. The first-order chi connectivity index (χ1) is 6.66. The summed E-state index contributed by atoms with van der Waals surface area (Å²) in [5.41, 5.74) is 0. The highest BCUT2D eigenvalue weighted by Crippen LogP contribution is 2.26. The molecule has 5 heteroatoms. The molecule has 1 aliphatic rings. The Bertz CT molecular complexity index is 313. The molecule has 1 fully saturated rings. The summed E-state index contributed by atoms with van der Waals surface area (Å²) in [5, 5.41) is 3.93. The molecule has 4 nitrogen and oxygen atoms in total. The molecule has 1 saturated heterocycles. The molecular formula is C9H14BrN3O. The van der Waals surface area contributed by atoms with E-state index in [-0.39, 0.29) is 0 Å². The summed E-state index contributed by atoms with van der Waals surface area (Å²) >= 11 is 3.17. The van der Waals surface area contributed by atoms with Gasteiger partial charge in [-0.25, -0.2) is 0 Å². The second-order valence-corrected chi connectivity index (χ2v) is 4.66. The summed E-state index contributed by atoms with van der Waals surface area (Å²) in [6, 6.07) is 0.607. The minimum absolute atomic E-state index is 0.437. The van der Waals surface area contributed by atoms with Gasteiger partial charge >= 0.3 is 0 Å². The highest BCUT2D eigenvalue weighted by atomic mass is 79.9. The van der Waals surface area contributed by atoms with Crippen LogP contribution in [-0.2, 0) is 0 Å². The first kappa shape index (κ1) is 10.1. The normalized spacial score (nSPS) is 23.6. The van der Waals surface area contributed by atoms with Gasteiger partial charge in [0.2, 0.25) is 0 Å². The predicted molar refractivity (Wildman–Crippen MR) is 56.1 cm³/mol. The van der Waals surface area contributed by atoms with Gasteiger partial charge in [-0.3, -0.25) is 0 Å². The Balaban J connectivity index is 2.02. The van der Waals surface area contributed by atoms with E-state index in [1.54, 1.807) is 0 Å². The third-order valence-electron chi connectivity index (χ3n) is 2.73. The van der Waals surface area contributed by atoms with E-state index < -0.39 is 0 Å². The van der Waals surface area contributed by atoms with Crippen molar-refractivity contribution >= 4 is 15.9 Å². The minimum atomic E-state index is 0.437. The average molecular weight is 260 g/mol. The van der Waals surface area contributed by atoms with Gasteiger partial charge in [-0.2, -0.15) is 4.98 Å². The van der Waals surface area contributed by atoms with Crippen molar-refractivity contribution in [2.24, 2.45) is 0 Å². The fourth-order valence-corrected chi connectivity index (χ4v) is 2.10. The van der Waals surface area contributed by atoms with Crippen LogP contribution in [0.1, 0.15) is 32.0 Å². The molecule has 78 valence electrons. The monoisotopic (exact) mass is 259 g/mol. The van der Waals surface area contributed by atoms with E-state index in [2.05, 4.69) is 44.8 Å². The second kappa shape index (κ2) is 3.98. The van der Waals surface area contributed by atoms with Crippen molar-refractivity contribution in [2.75, 3.05) is 13.1 Å². The molecule has 0 radical (unpaired) electrons. The zero-order valence-corrected chi connectivity index (χ0v) is 9.99. The number of hydrogen-bond acceptors (Lipinski definition) is 4. The van der Waals surface area contributed by atoms with Gasteiger partial charge in [-0.05, 0) is 26.8 Å². The Hall–Kier alpha value is -0.420. The Morgan fingerprint density at radius 1 is 1.57 bits per heavy atom. The lowest BCUT2D eigenvalue weighted by Crippen LogP contribution is -2.28. The number of nitrogens with zero attached hydrogens (tertiary/aromatic N) is 3. The molecule has 0 N–H and O–H groups in total. The van der Waals surface area contributed by atoms with E-state index in [1.807, 2.05) is 0 Å². The maximum absolute atomic E-state index is 4.91. The van der Waals surface area contributed by atoms with Crippen molar-refractivity contribution in [3.63, 3.8) is 0 Å². The van der Waals surface area contributed by atoms with Gasteiger partial charge in [0, 0.05) is 34.4 Å². The van der Waals surface area contributed by atoms with Crippen LogP contribution in [0.15, 0.2) is 9.32 Å². The third-order valence-corrected chi connectivity index (χ3v) is 3.05. The van der Waals surface area contributed by atoms with Gasteiger partial charge < -0.3 is 9.42 Å². The zero-order valence-electron chi connectivity index (χ0n) is 8.40. The van der Waals surface area contributed by atoms with Gasteiger partial charge in [-0.1, -0.05) is 5.16 Å². The van der Waals surface area contributed by atoms with E-state index in [4.69, 9.17) is 4.52 Å². The average Bonchev–Trinajstić information content (AvgIpc) is 2.70. The van der Waals surface area contributed by atoms with Gasteiger partial charge in [0.15, 0.2) is 5.82 Å². The summed E-state index contributed by atoms with van der Waals surface area (Å²) in [6.45, 7) is 6.61. The van der Waals surface area contributed by atoms with Crippen molar-refractivity contribution < 1.29 is 4.52 Å². The zero-order chi connectivity index (χ0) is 10.1. The summed E-state index contributed by atoms with van der Waals surface area (Å²) < 4.78 is 4.91.